The quantitative estimate of drug-likeness (QED) is 0.337. The van der Waals surface area contributed by atoms with Gasteiger partial charge in [-0.3, -0.25) is 0 Å². The third-order valence-electron chi connectivity index (χ3n) is 6.88. The zero-order valence-electron chi connectivity index (χ0n) is 19.1. The summed E-state index contributed by atoms with van der Waals surface area (Å²) >= 11 is 0. The Balaban J connectivity index is 1.57. The number of aliphatic carboxylic acids is 1. The maximum Gasteiger partial charge on any atom is 0.335 e. The Morgan fingerprint density at radius 1 is 1.00 bits per heavy atom. The molecule has 6 N–H and O–H groups in total. The van der Waals surface area contributed by atoms with Crippen LogP contribution in [0.5, 0.6) is 23.0 Å². The van der Waals surface area contributed by atoms with E-state index in [9.17, 15) is 30.3 Å². The highest BCUT2D eigenvalue weighted by atomic mass is 16.7. The zero-order valence-corrected chi connectivity index (χ0v) is 19.1. The molecule has 0 radical (unpaired) electrons. The minimum atomic E-state index is -1.83. The Bertz CT molecular complexity index is 1170. The molecule has 2 aromatic rings. The minimum absolute atomic E-state index is 0.0177. The number of fused-ring (bicyclic) bond motifs is 2. The summed E-state index contributed by atoms with van der Waals surface area (Å²) in [6.45, 7) is 0.763. The van der Waals surface area contributed by atoms with Crippen molar-refractivity contribution < 1.29 is 49.3 Å². The predicted octanol–water partition coefficient (Wildman–Crippen LogP) is 0.0903. The molecule has 1 aliphatic carbocycles. The molecule has 2 aromatic carbocycles. The second-order valence-electron chi connectivity index (χ2n) is 8.85. The highest BCUT2D eigenvalue weighted by molar-refractivity contribution is 5.84. The Labute approximate surface area is 200 Å². The van der Waals surface area contributed by atoms with Crippen LogP contribution in [0.3, 0.4) is 0 Å². The van der Waals surface area contributed by atoms with Gasteiger partial charge in [0.25, 0.3) is 0 Å². The monoisotopic (exact) mass is 489 g/mol. The van der Waals surface area contributed by atoms with Crippen LogP contribution < -0.4 is 19.5 Å². The first-order valence-corrected chi connectivity index (χ1v) is 11.2. The minimum Gasteiger partial charge on any atom is -0.504 e. The molecule has 5 rings (SSSR count). The number of carboxylic acids is 1. The van der Waals surface area contributed by atoms with Crippen molar-refractivity contribution in [3.05, 3.63) is 34.9 Å². The van der Waals surface area contributed by atoms with Crippen molar-refractivity contribution in [1.29, 1.82) is 0 Å². The number of nitrogens with one attached hydrogen (secondary N) is 1. The van der Waals surface area contributed by atoms with Crippen molar-refractivity contribution in [2.75, 3.05) is 20.8 Å². The maximum atomic E-state index is 11.4. The number of hydrogen-bond acceptors (Lipinski definition) is 10. The molecule has 2 heterocycles. The summed E-state index contributed by atoms with van der Waals surface area (Å²) < 4.78 is 21.9. The third kappa shape index (κ3) is 3.76. The van der Waals surface area contributed by atoms with Gasteiger partial charge >= 0.3 is 5.97 Å². The first-order valence-electron chi connectivity index (χ1n) is 11.2. The summed E-state index contributed by atoms with van der Waals surface area (Å²) in [5.74, 6) is -0.730. The van der Waals surface area contributed by atoms with Crippen molar-refractivity contribution in [3.8, 4) is 34.1 Å². The van der Waals surface area contributed by atoms with Crippen molar-refractivity contribution in [1.82, 2.24) is 5.32 Å². The molecule has 0 bridgehead atoms. The molecular formula is C24H27NO10. The van der Waals surface area contributed by atoms with Gasteiger partial charge in [-0.05, 0) is 59.8 Å². The van der Waals surface area contributed by atoms with E-state index in [1.54, 1.807) is 12.1 Å². The van der Waals surface area contributed by atoms with E-state index in [1.807, 2.05) is 6.07 Å². The van der Waals surface area contributed by atoms with Crippen molar-refractivity contribution in [2.45, 2.75) is 49.6 Å². The normalized spacial score (nSPS) is 29.1. The lowest BCUT2D eigenvalue weighted by Crippen LogP contribution is -2.61. The maximum absolute atomic E-state index is 11.4. The Kier molecular flexibility index (Phi) is 5.98. The van der Waals surface area contributed by atoms with E-state index in [2.05, 4.69) is 5.32 Å². The number of aliphatic hydroxyl groups is 3. The number of rotatable bonds is 5. The number of aromatic hydroxyl groups is 1. The van der Waals surface area contributed by atoms with Crippen LogP contribution in [0.4, 0.5) is 0 Å². The molecule has 1 fully saturated rings. The van der Waals surface area contributed by atoms with Crippen LogP contribution in [0.15, 0.2) is 18.2 Å². The number of hydrogen-bond donors (Lipinski definition) is 6. The molecule has 11 nitrogen and oxygen atoms in total. The molecule has 1 saturated heterocycles. The van der Waals surface area contributed by atoms with Crippen LogP contribution in [0.25, 0.3) is 11.1 Å². The van der Waals surface area contributed by atoms with Gasteiger partial charge in [0, 0.05) is 11.6 Å². The fourth-order valence-electron chi connectivity index (χ4n) is 5.16. The lowest BCUT2D eigenvalue weighted by atomic mass is 9.77. The number of phenolic OH excluding ortho intramolecular Hbond substituents is 1. The summed E-state index contributed by atoms with van der Waals surface area (Å²) in [5.41, 5.74) is 4.27. The van der Waals surface area contributed by atoms with E-state index in [0.29, 0.717) is 17.7 Å². The summed E-state index contributed by atoms with van der Waals surface area (Å²) in [4.78, 5) is 11.4. The van der Waals surface area contributed by atoms with Gasteiger partial charge < -0.3 is 49.8 Å². The van der Waals surface area contributed by atoms with E-state index in [1.165, 1.54) is 14.2 Å². The third-order valence-corrected chi connectivity index (χ3v) is 6.88. The summed E-state index contributed by atoms with van der Waals surface area (Å²) in [5, 5.41) is 54.2. The molecule has 0 saturated carbocycles. The Morgan fingerprint density at radius 3 is 2.40 bits per heavy atom. The van der Waals surface area contributed by atoms with Crippen LogP contribution in [-0.2, 0) is 22.4 Å². The first-order chi connectivity index (χ1) is 16.7. The fraction of sp³-hybridized carbons (Fsp3) is 0.458. The van der Waals surface area contributed by atoms with Crippen LogP contribution in [0.1, 0.15) is 22.7 Å². The second kappa shape index (κ2) is 8.85. The lowest BCUT2D eigenvalue weighted by Gasteiger charge is -2.39. The van der Waals surface area contributed by atoms with E-state index >= 15 is 0 Å². The molecule has 3 aliphatic rings. The van der Waals surface area contributed by atoms with E-state index in [-0.39, 0.29) is 23.3 Å². The number of benzene rings is 2. The molecular weight excluding hydrogens is 462 g/mol. The molecule has 11 heteroatoms. The summed E-state index contributed by atoms with van der Waals surface area (Å²) in [6.07, 6.45) is -7.33. The molecule has 2 aliphatic heterocycles. The number of methoxy groups -OCH3 is 2. The standard InChI is InChI=1S/C24H27NO10/c1-32-13-8-11-10(5-12-16-9(3-4-25-12)6-15(33-2)18(26)17(11)16)7-14(13)34-24-21(29)19(27)20(28)22(35-24)23(30)31/h6-8,12,19-22,24-29H,3-5H2,1-2H3,(H,30,31)/t12-,19-,20+,21-,22-,24+/m1/s1. The van der Waals surface area contributed by atoms with E-state index < -0.39 is 36.7 Å². The Morgan fingerprint density at radius 2 is 1.71 bits per heavy atom. The average molecular weight is 489 g/mol. The lowest BCUT2D eigenvalue weighted by molar-refractivity contribution is -0.271. The van der Waals surface area contributed by atoms with Gasteiger partial charge in [-0.2, -0.15) is 0 Å². The number of phenols is 1. The van der Waals surface area contributed by atoms with Crippen LogP contribution >= 0.6 is 0 Å². The largest absolute Gasteiger partial charge is 0.504 e. The van der Waals surface area contributed by atoms with E-state index in [4.69, 9.17) is 18.9 Å². The zero-order chi connectivity index (χ0) is 25.0. The topological polar surface area (TPSA) is 167 Å². The number of ether oxygens (including phenoxy) is 4. The highest BCUT2D eigenvalue weighted by Crippen LogP contribution is 2.52. The molecule has 0 unspecified atom stereocenters. The molecule has 0 amide bonds. The molecule has 0 spiro atoms. The fourth-order valence-corrected chi connectivity index (χ4v) is 5.16. The predicted molar refractivity (Wildman–Crippen MR) is 120 cm³/mol. The van der Waals surface area contributed by atoms with Gasteiger partial charge in [-0.1, -0.05) is 0 Å². The molecule has 6 atom stereocenters. The van der Waals surface area contributed by atoms with Crippen molar-refractivity contribution in [3.63, 3.8) is 0 Å². The van der Waals surface area contributed by atoms with Crippen molar-refractivity contribution >= 4 is 5.97 Å². The smallest absolute Gasteiger partial charge is 0.335 e. The van der Waals surface area contributed by atoms with Gasteiger partial charge in [0.15, 0.2) is 29.1 Å². The summed E-state index contributed by atoms with van der Waals surface area (Å²) in [7, 11) is 2.92. The molecule has 0 aromatic heterocycles. The van der Waals surface area contributed by atoms with Gasteiger partial charge in [-0.25, -0.2) is 4.79 Å². The highest BCUT2D eigenvalue weighted by Gasteiger charge is 2.48. The van der Waals surface area contributed by atoms with Crippen LogP contribution in [-0.4, -0.2) is 83.0 Å². The van der Waals surface area contributed by atoms with Gasteiger partial charge in [0.1, 0.15) is 18.3 Å². The second-order valence-corrected chi connectivity index (χ2v) is 8.85. The molecule has 35 heavy (non-hydrogen) atoms. The van der Waals surface area contributed by atoms with Crippen molar-refractivity contribution in [2.24, 2.45) is 0 Å². The number of aliphatic hydroxyl groups excluding tert-OH is 3. The summed E-state index contributed by atoms with van der Waals surface area (Å²) in [6, 6.07) is 5.18. The first kappa shape index (κ1) is 23.6. The van der Waals surface area contributed by atoms with Crippen LogP contribution in [0.2, 0.25) is 0 Å². The Hall–Kier alpha value is -3.09. The van der Waals surface area contributed by atoms with E-state index in [0.717, 1.165) is 35.2 Å². The van der Waals surface area contributed by atoms with Gasteiger partial charge in [-0.15, -0.1) is 0 Å². The number of carbonyl (C=O) groups is 1. The van der Waals surface area contributed by atoms with Crippen LogP contribution in [0, 0.1) is 0 Å². The molecule has 188 valence electrons. The van der Waals surface area contributed by atoms with Gasteiger partial charge in [0.2, 0.25) is 6.29 Å². The van der Waals surface area contributed by atoms with Gasteiger partial charge in [0.05, 0.1) is 14.2 Å². The average Bonchev–Trinajstić information content (AvgIpc) is 2.84. The number of carboxylic acid groups (broad SMARTS) is 1. The SMILES string of the molecule is COc1cc2c(cc1O[C@H]1O[C@@H](C(=O)O)[C@@H](O)[C@@H](O)[C@H]1O)C[C@H]1NCCc3cc(OC)c(O)c-2c31.